The molecule has 0 spiro atoms. The molecule has 0 aliphatic carbocycles. The minimum Gasteiger partial charge on any atom is -0.398 e. The number of anilines is 1. The van der Waals surface area contributed by atoms with Crippen molar-refractivity contribution in [1.82, 2.24) is 10.2 Å². The summed E-state index contributed by atoms with van der Waals surface area (Å²) < 4.78 is 0. The van der Waals surface area contributed by atoms with Gasteiger partial charge in [0.15, 0.2) is 0 Å². The Balaban J connectivity index is 1.93. The summed E-state index contributed by atoms with van der Waals surface area (Å²) in [6.45, 7) is 4.22. The van der Waals surface area contributed by atoms with Crippen molar-refractivity contribution in [2.24, 2.45) is 0 Å². The SMILES string of the molecule is CC(=O)NC1CCN(Cc2ccc(Cl)cc2N)C1. The van der Waals surface area contributed by atoms with Gasteiger partial charge < -0.3 is 11.1 Å². The predicted octanol–water partition coefficient (Wildman–Crippen LogP) is 1.63. The highest BCUT2D eigenvalue weighted by Gasteiger charge is 2.23. The van der Waals surface area contributed by atoms with Crippen LogP contribution in [0.5, 0.6) is 0 Å². The minimum absolute atomic E-state index is 0.0351. The van der Waals surface area contributed by atoms with Gasteiger partial charge in [0.1, 0.15) is 0 Å². The second-order valence-electron chi connectivity index (χ2n) is 4.76. The van der Waals surface area contributed by atoms with Crippen molar-refractivity contribution in [3.63, 3.8) is 0 Å². The molecule has 2 rings (SSSR count). The summed E-state index contributed by atoms with van der Waals surface area (Å²) in [7, 11) is 0. The van der Waals surface area contributed by atoms with E-state index in [4.69, 9.17) is 17.3 Å². The van der Waals surface area contributed by atoms with Crippen molar-refractivity contribution in [2.75, 3.05) is 18.8 Å². The molecule has 3 N–H and O–H groups in total. The standard InChI is InChI=1S/C13H18ClN3O/c1-9(18)16-12-4-5-17(8-12)7-10-2-3-11(14)6-13(10)15/h2-3,6,12H,4-5,7-8,15H2,1H3,(H,16,18). The van der Waals surface area contributed by atoms with E-state index in [2.05, 4.69) is 10.2 Å². The van der Waals surface area contributed by atoms with Gasteiger partial charge in [0.2, 0.25) is 5.91 Å². The lowest BCUT2D eigenvalue weighted by Gasteiger charge is -2.17. The first-order valence-corrected chi connectivity index (χ1v) is 6.46. The van der Waals surface area contributed by atoms with E-state index in [0.29, 0.717) is 5.02 Å². The van der Waals surface area contributed by atoms with Crippen LogP contribution in [0.2, 0.25) is 5.02 Å². The van der Waals surface area contributed by atoms with E-state index >= 15 is 0 Å². The molecule has 1 amide bonds. The molecule has 5 heteroatoms. The number of nitrogen functional groups attached to an aromatic ring is 1. The summed E-state index contributed by atoms with van der Waals surface area (Å²) in [5.74, 6) is 0.0351. The molecule has 98 valence electrons. The first-order chi connectivity index (χ1) is 8.54. The van der Waals surface area contributed by atoms with Crippen LogP contribution in [0.4, 0.5) is 5.69 Å². The average Bonchev–Trinajstić information content (AvgIpc) is 2.69. The number of nitrogens with two attached hydrogens (primary N) is 1. The lowest BCUT2D eigenvalue weighted by atomic mass is 10.1. The predicted molar refractivity (Wildman–Crippen MR) is 73.4 cm³/mol. The van der Waals surface area contributed by atoms with E-state index in [0.717, 1.165) is 37.3 Å². The van der Waals surface area contributed by atoms with Crippen LogP contribution >= 0.6 is 11.6 Å². The molecule has 1 aromatic carbocycles. The highest BCUT2D eigenvalue weighted by molar-refractivity contribution is 6.30. The van der Waals surface area contributed by atoms with Crippen LogP contribution in [0.25, 0.3) is 0 Å². The molecule has 1 heterocycles. The quantitative estimate of drug-likeness (QED) is 0.819. The number of rotatable bonds is 3. The van der Waals surface area contributed by atoms with E-state index in [9.17, 15) is 4.79 Å². The molecule has 1 aliphatic rings. The number of benzene rings is 1. The van der Waals surface area contributed by atoms with Gasteiger partial charge in [-0.25, -0.2) is 0 Å². The summed E-state index contributed by atoms with van der Waals surface area (Å²) in [6, 6.07) is 5.85. The molecular weight excluding hydrogens is 250 g/mol. The smallest absolute Gasteiger partial charge is 0.217 e. The van der Waals surface area contributed by atoms with Crippen molar-refractivity contribution in [2.45, 2.75) is 25.9 Å². The molecule has 0 bridgehead atoms. The lowest BCUT2D eigenvalue weighted by molar-refractivity contribution is -0.119. The largest absolute Gasteiger partial charge is 0.398 e. The maximum absolute atomic E-state index is 11.0. The number of nitrogens with zero attached hydrogens (tertiary/aromatic N) is 1. The third-order valence-electron chi connectivity index (χ3n) is 3.18. The van der Waals surface area contributed by atoms with Gasteiger partial charge in [-0.3, -0.25) is 9.69 Å². The van der Waals surface area contributed by atoms with Crippen molar-refractivity contribution < 1.29 is 4.79 Å². The zero-order valence-electron chi connectivity index (χ0n) is 10.4. The molecule has 1 fully saturated rings. The molecule has 1 unspecified atom stereocenters. The van der Waals surface area contributed by atoms with Gasteiger partial charge in [0.05, 0.1) is 0 Å². The Kier molecular flexibility index (Phi) is 4.09. The summed E-state index contributed by atoms with van der Waals surface area (Å²) in [4.78, 5) is 13.3. The molecule has 4 nitrogen and oxygen atoms in total. The molecular formula is C13H18ClN3O. The number of carbonyl (C=O) groups is 1. The van der Waals surface area contributed by atoms with Crippen LogP contribution in [0.3, 0.4) is 0 Å². The van der Waals surface area contributed by atoms with E-state index in [1.165, 1.54) is 0 Å². The number of hydrogen-bond donors (Lipinski definition) is 2. The zero-order chi connectivity index (χ0) is 13.1. The highest BCUT2D eigenvalue weighted by atomic mass is 35.5. The van der Waals surface area contributed by atoms with Crippen molar-refractivity contribution in [3.8, 4) is 0 Å². The maximum atomic E-state index is 11.0. The van der Waals surface area contributed by atoms with Gasteiger partial charge in [-0.2, -0.15) is 0 Å². The molecule has 1 atom stereocenters. The molecule has 1 aliphatic heterocycles. The second-order valence-corrected chi connectivity index (χ2v) is 5.20. The molecule has 0 saturated carbocycles. The highest BCUT2D eigenvalue weighted by Crippen LogP contribution is 2.21. The second kappa shape index (κ2) is 5.59. The first-order valence-electron chi connectivity index (χ1n) is 6.08. The summed E-state index contributed by atoms with van der Waals surface area (Å²) in [5, 5.41) is 3.61. The van der Waals surface area contributed by atoms with Crippen LogP contribution in [0, 0.1) is 0 Å². The Morgan fingerprint density at radius 1 is 1.61 bits per heavy atom. The van der Waals surface area contributed by atoms with Gasteiger partial charge in [-0.15, -0.1) is 0 Å². The topological polar surface area (TPSA) is 58.4 Å². The van der Waals surface area contributed by atoms with Crippen LogP contribution in [0.1, 0.15) is 18.9 Å². The number of carbonyl (C=O) groups excluding carboxylic acids is 1. The van der Waals surface area contributed by atoms with E-state index in [-0.39, 0.29) is 11.9 Å². The fraction of sp³-hybridized carbons (Fsp3) is 0.462. The number of hydrogen-bond acceptors (Lipinski definition) is 3. The third-order valence-corrected chi connectivity index (χ3v) is 3.42. The van der Waals surface area contributed by atoms with Gasteiger partial charge in [0.25, 0.3) is 0 Å². The Morgan fingerprint density at radius 3 is 3.06 bits per heavy atom. The minimum atomic E-state index is 0.0351. The summed E-state index contributed by atoms with van der Waals surface area (Å²) in [6.07, 6.45) is 0.993. The third kappa shape index (κ3) is 3.37. The molecule has 0 radical (unpaired) electrons. The van der Waals surface area contributed by atoms with E-state index < -0.39 is 0 Å². The Bertz CT molecular complexity index is 450. The normalized spacial score (nSPS) is 20.0. The van der Waals surface area contributed by atoms with Gasteiger partial charge in [-0.1, -0.05) is 17.7 Å². The molecule has 18 heavy (non-hydrogen) atoms. The Hall–Kier alpha value is -1.26. The van der Waals surface area contributed by atoms with Crippen molar-refractivity contribution in [3.05, 3.63) is 28.8 Å². The monoisotopic (exact) mass is 267 g/mol. The lowest BCUT2D eigenvalue weighted by Crippen LogP contribution is -2.35. The summed E-state index contributed by atoms with van der Waals surface area (Å²) in [5.41, 5.74) is 7.75. The first kappa shape index (κ1) is 13.2. The van der Waals surface area contributed by atoms with Gasteiger partial charge in [-0.05, 0) is 24.1 Å². The van der Waals surface area contributed by atoms with Crippen LogP contribution < -0.4 is 11.1 Å². The van der Waals surface area contributed by atoms with E-state index in [1.807, 2.05) is 12.1 Å². The summed E-state index contributed by atoms with van der Waals surface area (Å²) >= 11 is 5.87. The number of nitrogens with one attached hydrogen (secondary N) is 1. The van der Waals surface area contributed by atoms with Crippen LogP contribution in [-0.4, -0.2) is 29.9 Å². The van der Waals surface area contributed by atoms with Crippen LogP contribution in [0.15, 0.2) is 18.2 Å². The van der Waals surface area contributed by atoms with E-state index in [1.54, 1.807) is 13.0 Å². The fourth-order valence-corrected chi connectivity index (χ4v) is 2.51. The number of likely N-dealkylation sites (tertiary alicyclic amines) is 1. The maximum Gasteiger partial charge on any atom is 0.217 e. The molecule has 0 aromatic heterocycles. The average molecular weight is 268 g/mol. The number of amides is 1. The Morgan fingerprint density at radius 2 is 2.39 bits per heavy atom. The van der Waals surface area contributed by atoms with Crippen molar-refractivity contribution in [1.29, 1.82) is 0 Å². The van der Waals surface area contributed by atoms with Gasteiger partial charge in [0, 0.05) is 43.3 Å². The molecule has 1 saturated heterocycles. The van der Waals surface area contributed by atoms with Crippen molar-refractivity contribution >= 4 is 23.2 Å². The molecule has 1 aromatic rings. The van der Waals surface area contributed by atoms with Crippen LogP contribution in [-0.2, 0) is 11.3 Å². The number of halogens is 1. The zero-order valence-corrected chi connectivity index (χ0v) is 11.2. The fourth-order valence-electron chi connectivity index (χ4n) is 2.33. The Labute approximate surface area is 112 Å². The van der Waals surface area contributed by atoms with Gasteiger partial charge >= 0.3 is 0 Å².